The van der Waals surface area contributed by atoms with Gasteiger partial charge in [-0.15, -0.1) is 11.3 Å². The van der Waals surface area contributed by atoms with Crippen molar-refractivity contribution in [3.8, 4) is 11.3 Å². The second-order valence-electron chi connectivity index (χ2n) is 5.25. The van der Waals surface area contributed by atoms with E-state index in [0.29, 0.717) is 22.4 Å². The van der Waals surface area contributed by atoms with Gasteiger partial charge in [0.2, 0.25) is 0 Å². The molecule has 0 saturated carbocycles. The Labute approximate surface area is 153 Å². The summed E-state index contributed by atoms with van der Waals surface area (Å²) in [5.74, 6) is -0.412. The number of carbonyl (C=O) groups excluding carboxylic acids is 1. The fraction of sp³-hybridized carbons (Fsp3) is 0.176. The molecule has 1 amide bonds. The molecule has 0 unspecified atom stereocenters. The van der Waals surface area contributed by atoms with Crippen LogP contribution in [0.3, 0.4) is 0 Å². The van der Waals surface area contributed by atoms with E-state index < -0.39 is 5.91 Å². The van der Waals surface area contributed by atoms with Gasteiger partial charge in [-0.3, -0.25) is 14.9 Å². The number of aryl methyl sites for hydroxylation is 1. The third-order valence-electron chi connectivity index (χ3n) is 3.41. The average Bonchev–Trinajstić information content (AvgIpc) is 3.05. The second-order valence-corrected chi connectivity index (χ2v) is 6.52. The van der Waals surface area contributed by atoms with Crippen molar-refractivity contribution in [2.45, 2.75) is 19.9 Å². The van der Waals surface area contributed by atoms with Crippen molar-refractivity contribution in [1.82, 2.24) is 14.8 Å². The van der Waals surface area contributed by atoms with E-state index in [2.05, 4.69) is 15.4 Å². The molecule has 1 N–H and O–H groups in total. The molecule has 0 bridgehead atoms. The molecule has 8 heteroatoms. The highest BCUT2D eigenvalue weighted by atomic mass is 35.5. The van der Waals surface area contributed by atoms with Gasteiger partial charge in [0.05, 0.1) is 5.69 Å². The Bertz CT molecular complexity index is 967. The summed E-state index contributed by atoms with van der Waals surface area (Å²) in [5.41, 5.74) is 1.43. The van der Waals surface area contributed by atoms with E-state index in [1.54, 1.807) is 6.07 Å². The van der Waals surface area contributed by atoms with Crippen LogP contribution in [0.2, 0.25) is 5.02 Å². The maximum Gasteiger partial charge on any atom is 0.277 e. The number of carbonyl (C=O) groups is 1. The Morgan fingerprint density at radius 2 is 2.08 bits per heavy atom. The minimum atomic E-state index is -0.412. The molecular formula is C17H15ClN4O2S. The third kappa shape index (κ3) is 3.94. The van der Waals surface area contributed by atoms with Gasteiger partial charge >= 0.3 is 0 Å². The van der Waals surface area contributed by atoms with Crippen molar-refractivity contribution in [2.24, 2.45) is 0 Å². The van der Waals surface area contributed by atoms with Crippen LogP contribution in [-0.4, -0.2) is 20.7 Å². The first-order chi connectivity index (χ1) is 12.1. The largest absolute Gasteiger partial charge is 0.296 e. The molecule has 0 radical (unpaired) electrons. The molecule has 6 nitrogen and oxygen atoms in total. The Kier molecular flexibility index (Phi) is 5.25. The lowest BCUT2D eigenvalue weighted by Crippen LogP contribution is -2.26. The topological polar surface area (TPSA) is 76.9 Å². The number of benzene rings is 1. The maximum absolute atomic E-state index is 12.3. The van der Waals surface area contributed by atoms with Gasteiger partial charge in [-0.25, -0.2) is 9.67 Å². The van der Waals surface area contributed by atoms with E-state index in [9.17, 15) is 9.59 Å². The minimum absolute atomic E-state index is 0.169. The number of nitrogens with zero attached hydrogens (tertiary/aromatic N) is 3. The first kappa shape index (κ1) is 17.3. The highest BCUT2D eigenvalue weighted by Crippen LogP contribution is 2.30. The number of aromatic nitrogens is 3. The number of thiazole rings is 1. The summed E-state index contributed by atoms with van der Waals surface area (Å²) in [7, 11) is 0. The Hall–Kier alpha value is -2.51. The molecule has 3 aromatic rings. The van der Waals surface area contributed by atoms with Crippen LogP contribution in [0, 0.1) is 0 Å². The van der Waals surface area contributed by atoms with Crippen molar-refractivity contribution in [3.05, 3.63) is 62.8 Å². The lowest BCUT2D eigenvalue weighted by Gasteiger charge is -2.05. The Morgan fingerprint density at radius 1 is 1.28 bits per heavy atom. The van der Waals surface area contributed by atoms with Gasteiger partial charge in [0.1, 0.15) is 5.69 Å². The molecule has 0 atom stereocenters. The predicted octanol–water partition coefficient (Wildman–Crippen LogP) is 3.68. The predicted molar refractivity (Wildman–Crippen MR) is 99.3 cm³/mol. The fourth-order valence-corrected chi connectivity index (χ4v) is 3.17. The van der Waals surface area contributed by atoms with Crippen molar-refractivity contribution in [1.29, 1.82) is 0 Å². The number of anilines is 1. The number of rotatable bonds is 5. The zero-order valence-corrected chi connectivity index (χ0v) is 15.0. The Balaban J connectivity index is 1.79. The quantitative estimate of drug-likeness (QED) is 0.739. The molecule has 0 aliphatic rings. The smallest absolute Gasteiger partial charge is 0.277 e. The number of hydrogen-bond donors (Lipinski definition) is 1. The first-order valence-corrected chi connectivity index (χ1v) is 8.94. The normalized spacial score (nSPS) is 10.6. The van der Waals surface area contributed by atoms with Crippen molar-refractivity contribution >= 4 is 34.0 Å². The van der Waals surface area contributed by atoms with Gasteiger partial charge in [-0.1, -0.05) is 36.7 Å². The number of halogens is 1. The van der Waals surface area contributed by atoms with Crippen LogP contribution in [0.25, 0.3) is 11.3 Å². The SMILES string of the molecule is CCCn1nc(C(=O)Nc2nc(-c3ccccc3Cl)cs2)ccc1=O. The molecule has 0 fully saturated rings. The van der Waals surface area contributed by atoms with Crippen LogP contribution in [0.1, 0.15) is 23.8 Å². The maximum atomic E-state index is 12.3. The number of amides is 1. The fourth-order valence-electron chi connectivity index (χ4n) is 2.23. The van der Waals surface area contributed by atoms with E-state index in [0.717, 1.165) is 12.0 Å². The lowest BCUT2D eigenvalue weighted by atomic mass is 10.2. The summed E-state index contributed by atoms with van der Waals surface area (Å²) in [6.45, 7) is 2.40. The van der Waals surface area contributed by atoms with Gasteiger partial charge in [0, 0.05) is 28.6 Å². The van der Waals surface area contributed by atoms with E-state index in [1.165, 1.54) is 28.2 Å². The number of hydrogen-bond acceptors (Lipinski definition) is 5. The summed E-state index contributed by atoms with van der Waals surface area (Å²) < 4.78 is 1.28. The highest BCUT2D eigenvalue weighted by Gasteiger charge is 2.13. The molecular weight excluding hydrogens is 360 g/mol. The summed E-state index contributed by atoms with van der Waals surface area (Å²) >= 11 is 7.46. The molecule has 0 spiro atoms. The van der Waals surface area contributed by atoms with Crippen LogP contribution in [-0.2, 0) is 6.54 Å². The van der Waals surface area contributed by atoms with Crippen molar-refractivity contribution in [2.75, 3.05) is 5.32 Å². The second kappa shape index (κ2) is 7.58. The first-order valence-electron chi connectivity index (χ1n) is 7.68. The third-order valence-corrected chi connectivity index (χ3v) is 4.50. The van der Waals surface area contributed by atoms with E-state index in [-0.39, 0.29) is 11.3 Å². The summed E-state index contributed by atoms with van der Waals surface area (Å²) in [6, 6.07) is 10.1. The van der Waals surface area contributed by atoms with Crippen LogP contribution in [0.5, 0.6) is 0 Å². The van der Waals surface area contributed by atoms with Crippen LogP contribution in [0.4, 0.5) is 5.13 Å². The lowest BCUT2D eigenvalue weighted by molar-refractivity contribution is 0.101. The molecule has 3 rings (SSSR count). The molecule has 1 aromatic carbocycles. The minimum Gasteiger partial charge on any atom is -0.296 e. The average molecular weight is 375 g/mol. The molecule has 0 aliphatic carbocycles. The number of nitrogens with one attached hydrogen (secondary N) is 1. The summed E-state index contributed by atoms with van der Waals surface area (Å²) in [6.07, 6.45) is 0.756. The molecule has 25 heavy (non-hydrogen) atoms. The van der Waals surface area contributed by atoms with Crippen LogP contribution in [0.15, 0.2) is 46.6 Å². The van der Waals surface area contributed by atoms with Gasteiger partial charge < -0.3 is 0 Å². The van der Waals surface area contributed by atoms with E-state index in [1.807, 2.05) is 30.5 Å². The highest BCUT2D eigenvalue weighted by molar-refractivity contribution is 7.14. The van der Waals surface area contributed by atoms with Crippen molar-refractivity contribution < 1.29 is 4.79 Å². The molecule has 2 aromatic heterocycles. The van der Waals surface area contributed by atoms with Gasteiger partial charge in [0.15, 0.2) is 5.13 Å². The van der Waals surface area contributed by atoms with Gasteiger partial charge in [0.25, 0.3) is 11.5 Å². The molecule has 0 aliphatic heterocycles. The molecule has 128 valence electrons. The summed E-state index contributed by atoms with van der Waals surface area (Å²) in [4.78, 5) is 28.4. The zero-order valence-electron chi connectivity index (χ0n) is 13.4. The van der Waals surface area contributed by atoms with Crippen LogP contribution >= 0.6 is 22.9 Å². The molecule has 0 saturated heterocycles. The monoisotopic (exact) mass is 374 g/mol. The Morgan fingerprint density at radius 3 is 2.84 bits per heavy atom. The molecule has 2 heterocycles. The van der Waals surface area contributed by atoms with Gasteiger partial charge in [-0.2, -0.15) is 5.10 Å². The van der Waals surface area contributed by atoms with E-state index in [4.69, 9.17) is 11.6 Å². The standard InChI is InChI=1S/C17H15ClN4O2S/c1-2-9-22-15(23)8-7-13(21-22)16(24)20-17-19-14(10-25-17)11-5-3-4-6-12(11)18/h3-8,10H,2,9H2,1H3,(H,19,20,24). The van der Waals surface area contributed by atoms with E-state index >= 15 is 0 Å². The summed E-state index contributed by atoms with van der Waals surface area (Å²) in [5, 5.41) is 9.65. The zero-order chi connectivity index (χ0) is 17.8. The van der Waals surface area contributed by atoms with Gasteiger partial charge in [-0.05, 0) is 18.6 Å². The van der Waals surface area contributed by atoms with Crippen molar-refractivity contribution in [3.63, 3.8) is 0 Å². The van der Waals surface area contributed by atoms with Crippen LogP contribution < -0.4 is 10.9 Å².